The van der Waals surface area contributed by atoms with Crippen LogP contribution in [0.25, 0.3) is 0 Å². The van der Waals surface area contributed by atoms with Crippen molar-refractivity contribution in [1.82, 2.24) is 0 Å². The predicted octanol–water partition coefficient (Wildman–Crippen LogP) is 1.94. The molecule has 7 heavy (non-hydrogen) atoms. The van der Waals surface area contributed by atoms with Gasteiger partial charge in [-0.2, -0.15) is 0 Å². The van der Waals surface area contributed by atoms with E-state index in [9.17, 15) is 4.39 Å². The fraction of sp³-hybridized carbons (Fsp3) is 1.00. The Bertz CT molecular complexity index is 81.8. The van der Waals surface area contributed by atoms with E-state index in [4.69, 9.17) is 23.2 Å². The molecule has 3 heteroatoms. The Kier molecular flexibility index (Phi) is 1.20. The van der Waals surface area contributed by atoms with Crippen LogP contribution in [0.15, 0.2) is 0 Å². The summed E-state index contributed by atoms with van der Waals surface area (Å²) in [6.45, 7) is -0.497. The monoisotopic (exact) mass is 142 g/mol. The van der Waals surface area contributed by atoms with Crippen LogP contribution in [0.3, 0.4) is 0 Å². The van der Waals surface area contributed by atoms with Gasteiger partial charge in [0.05, 0.1) is 10.3 Å². The van der Waals surface area contributed by atoms with Crippen LogP contribution < -0.4 is 0 Å². The Hall–Kier alpha value is 0.510. The van der Waals surface area contributed by atoms with Gasteiger partial charge >= 0.3 is 0 Å². The summed E-state index contributed by atoms with van der Waals surface area (Å²) in [4.78, 5) is -0.679. The van der Waals surface area contributed by atoms with E-state index in [1.54, 1.807) is 0 Å². The quantitative estimate of drug-likeness (QED) is 0.492. The second-order valence-electron chi connectivity index (χ2n) is 1.84. The van der Waals surface area contributed by atoms with Crippen molar-refractivity contribution in [2.24, 2.45) is 0 Å². The molecule has 0 aromatic heterocycles. The molecule has 2 atom stereocenters. The summed E-state index contributed by atoms with van der Waals surface area (Å²) in [5.41, 5.74) is 0. The average molecular weight is 143 g/mol. The summed E-state index contributed by atoms with van der Waals surface area (Å²) in [7, 11) is 0. The van der Waals surface area contributed by atoms with Gasteiger partial charge in [-0.1, -0.05) is 0 Å². The smallest absolute Gasteiger partial charge is 0.110 e. The molecule has 0 aliphatic heterocycles. The average Bonchev–Trinajstić information content (AvgIpc) is 2.18. The minimum absolute atomic E-state index is 0.126. The molecule has 1 rings (SSSR count). The highest BCUT2D eigenvalue weighted by Crippen LogP contribution is 2.47. The lowest BCUT2D eigenvalue weighted by Crippen LogP contribution is -2.03. The maximum absolute atomic E-state index is 11.6. The summed E-state index contributed by atoms with van der Waals surface area (Å²) in [6.07, 6.45) is 0.618. The lowest BCUT2D eigenvalue weighted by atomic mass is 10.5. The molecule has 0 aromatic rings. The van der Waals surface area contributed by atoms with Gasteiger partial charge in [0.25, 0.3) is 0 Å². The van der Waals surface area contributed by atoms with E-state index in [-0.39, 0.29) is 5.38 Å². The molecule has 1 aliphatic carbocycles. The zero-order chi connectivity index (χ0) is 5.49. The Morgan fingerprint density at radius 1 is 1.86 bits per heavy atom. The Balaban J connectivity index is 2.36. The van der Waals surface area contributed by atoms with Crippen LogP contribution in [0, 0.1) is 0 Å². The first-order chi connectivity index (χ1) is 3.19. The van der Waals surface area contributed by atoms with Gasteiger partial charge in [0.15, 0.2) is 0 Å². The van der Waals surface area contributed by atoms with Crippen LogP contribution in [0.5, 0.6) is 0 Å². The minimum Gasteiger partial charge on any atom is -0.249 e. The number of rotatable bonds is 1. The van der Waals surface area contributed by atoms with Crippen molar-refractivity contribution in [1.29, 1.82) is 0 Å². The van der Waals surface area contributed by atoms with Crippen molar-refractivity contribution >= 4 is 23.2 Å². The molecule has 0 radical (unpaired) electrons. The van der Waals surface area contributed by atoms with E-state index in [0.717, 1.165) is 0 Å². The first-order valence-electron chi connectivity index (χ1n) is 2.08. The third kappa shape index (κ3) is 0.846. The zero-order valence-corrected chi connectivity index (χ0v) is 5.14. The summed E-state index contributed by atoms with van der Waals surface area (Å²) in [6, 6.07) is 0. The van der Waals surface area contributed by atoms with Crippen LogP contribution in [-0.4, -0.2) is 16.9 Å². The first-order valence-corrected chi connectivity index (χ1v) is 2.89. The Labute approximate surface area is 51.6 Å². The van der Waals surface area contributed by atoms with E-state index >= 15 is 0 Å². The molecule has 0 nitrogen and oxygen atoms in total. The topological polar surface area (TPSA) is 0 Å². The maximum Gasteiger partial charge on any atom is 0.110 e. The molecule has 1 fully saturated rings. The standard InChI is InChI=1S/C4H5Cl2F/c5-3-1-4(3,6)2-7/h3H,1-2H2. The molecule has 1 saturated carbocycles. The summed E-state index contributed by atoms with van der Waals surface area (Å²) >= 11 is 10.9. The van der Waals surface area contributed by atoms with E-state index in [1.165, 1.54) is 0 Å². The lowest BCUT2D eigenvalue weighted by molar-refractivity contribution is 0.473. The zero-order valence-electron chi connectivity index (χ0n) is 3.63. The summed E-state index contributed by atoms with van der Waals surface area (Å²) in [5, 5.41) is -0.126. The molecule has 0 bridgehead atoms. The van der Waals surface area contributed by atoms with Crippen LogP contribution in [-0.2, 0) is 0 Å². The van der Waals surface area contributed by atoms with Crippen molar-refractivity contribution in [3.05, 3.63) is 0 Å². The predicted molar refractivity (Wildman–Crippen MR) is 28.8 cm³/mol. The van der Waals surface area contributed by atoms with Crippen molar-refractivity contribution < 1.29 is 4.39 Å². The van der Waals surface area contributed by atoms with Crippen LogP contribution >= 0.6 is 23.2 Å². The molecule has 0 N–H and O–H groups in total. The highest BCUT2D eigenvalue weighted by atomic mass is 35.5. The van der Waals surface area contributed by atoms with Crippen molar-refractivity contribution in [3.63, 3.8) is 0 Å². The SMILES string of the molecule is FCC1(Cl)CC1Cl. The number of halogens is 3. The van der Waals surface area contributed by atoms with Gasteiger partial charge in [-0.3, -0.25) is 0 Å². The highest BCUT2D eigenvalue weighted by Gasteiger charge is 2.52. The van der Waals surface area contributed by atoms with Gasteiger partial charge in [0.1, 0.15) is 6.67 Å². The van der Waals surface area contributed by atoms with Gasteiger partial charge in [-0.05, 0) is 6.42 Å². The fourth-order valence-corrected chi connectivity index (χ4v) is 0.944. The van der Waals surface area contributed by atoms with Crippen molar-refractivity contribution in [2.75, 3.05) is 6.67 Å². The highest BCUT2D eigenvalue weighted by molar-refractivity contribution is 6.37. The summed E-state index contributed by atoms with van der Waals surface area (Å²) < 4.78 is 11.6. The van der Waals surface area contributed by atoms with Gasteiger partial charge in [0.2, 0.25) is 0 Å². The Morgan fingerprint density at radius 2 is 2.29 bits per heavy atom. The second-order valence-corrected chi connectivity index (χ2v) is 3.12. The van der Waals surface area contributed by atoms with Crippen LogP contribution in [0.4, 0.5) is 4.39 Å². The first kappa shape index (κ1) is 5.64. The van der Waals surface area contributed by atoms with Crippen LogP contribution in [0.2, 0.25) is 0 Å². The van der Waals surface area contributed by atoms with Crippen molar-refractivity contribution in [2.45, 2.75) is 16.7 Å². The van der Waals surface area contributed by atoms with E-state index in [0.29, 0.717) is 6.42 Å². The van der Waals surface area contributed by atoms with E-state index in [2.05, 4.69) is 0 Å². The lowest BCUT2D eigenvalue weighted by Gasteiger charge is -1.93. The van der Waals surface area contributed by atoms with Gasteiger partial charge in [-0.15, -0.1) is 23.2 Å². The molecule has 42 valence electrons. The molecular weight excluding hydrogens is 138 g/mol. The third-order valence-corrected chi connectivity index (χ3v) is 2.34. The molecule has 1 aliphatic rings. The maximum atomic E-state index is 11.6. The molecule has 0 heterocycles. The molecule has 2 unspecified atom stereocenters. The largest absolute Gasteiger partial charge is 0.249 e. The second kappa shape index (κ2) is 1.49. The van der Waals surface area contributed by atoms with E-state index in [1.807, 2.05) is 0 Å². The van der Waals surface area contributed by atoms with Crippen molar-refractivity contribution in [3.8, 4) is 0 Å². The van der Waals surface area contributed by atoms with Gasteiger partial charge in [-0.25, -0.2) is 4.39 Å². The molecule has 0 spiro atoms. The van der Waals surface area contributed by atoms with Gasteiger partial charge in [0, 0.05) is 0 Å². The number of alkyl halides is 3. The normalized spacial score (nSPS) is 49.3. The van der Waals surface area contributed by atoms with Crippen LogP contribution in [0.1, 0.15) is 6.42 Å². The third-order valence-electron chi connectivity index (χ3n) is 1.14. The molecular formula is C4H5Cl2F. The molecule has 0 aromatic carbocycles. The number of hydrogen-bond acceptors (Lipinski definition) is 0. The fourth-order valence-electron chi connectivity index (χ4n) is 0.377. The minimum atomic E-state index is -0.679. The van der Waals surface area contributed by atoms with Gasteiger partial charge < -0.3 is 0 Å². The Morgan fingerprint density at radius 3 is 2.29 bits per heavy atom. The van der Waals surface area contributed by atoms with E-state index < -0.39 is 11.5 Å². The number of hydrogen-bond donors (Lipinski definition) is 0. The molecule has 0 amide bonds. The molecule has 0 saturated heterocycles. The summed E-state index contributed by atoms with van der Waals surface area (Å²) in [5.74, 6) is 0.